The molecule has 0 radical (unpaired) electrons. The molecule has 0 N–H and O–H groups in total. The molecule has 1 aromatic heterocycles. The van der Waals surface area contributed by atoms with Gasteiger partial charge in [-0.05, 0) is 17.2 Å². The van der Waals surface area contributed by atoms with Crippen LogP contribution in [0.5, 0.6) is 0 Å². The van der Waals surface area contributed by atoms with Gasteiger partial charge in [0.1, 0.15) is 6.04 Å². The largest absolute Gasteiger partial charge is 0.271 e. The highest BCUT2D eigenvalue weighted by atomic mass is 32.1. The van der Waals surface area contributed by atoms with Gasteiger partial charge in [0.15, 0.2) is 0 Å². The van der Waals surface area contributed by atoms with Crippen LogP contribution in [0.15, 0.2) is 99.9 Å². The number of benzene rings is 3. The van der Waals surface area contributed by atoms with Gasteiger partial charge in [0.2, 0.25) is 4.80 Å². The molecular weight excluding hydrogens is 424 g/mol. The molecule has 0 aliphatic carbocycles. The summed E-state index contributed by atoms with van der Waals surface area (Å²) in [4.78, 5) is 24.6. The summed E-state index contributed by atoms with van der Waals surface area (Å²) in [5, 5.41) is 19.9. The molecule has 1 atom stereocenters. The Morgan fingerprint density at radius 1 is 0.938 bits per heavy atom. The van der Waals surface area contributed by atoms with Crippen molar-refractivity contribution in [3.05, 3.63) is 131 Å². The third-order valence-corrected chi connectivity index (χ3v) is 6.13. The van der Waals surface area contributed by atoms with Crippen LogP contribution in [0.25, 0.3) is 6.08 Å². The van der Waals surface area contributed by atoms with Crippen LogP contribution in [0.4, 0.5) is 5.69 Å². The van der Waals surface area contributed by atoms with Crippen molar-refractivity contribution in [2.75, 3.05) is 0 Å². The Labute approximate surface area is 186 Å². The van der Waals surface area contributed by atoms with Gasteiger partial charge < -0.3 is 0 Å². The summed E-state index contributed by atoms with van der Waals surface area (Å²) in [6.07, 6.45) is 1.66. The summed E-state index contributed by atoms with van der Waals surface area (Å²) >= 11 is 1.22. The SMILES string of the molecule is O=c1/c(=C/c2cccc([N+](=O)[O-])c2)sc2n1[C@@H](c1ccccc1)C(c1ccccc1)=NN=2. The lowest BCUT2D eigenvalue weighted by atomic mass is 9.96. The first-order chi connectivity index (χ1) is 15.6. The van der Waals surface area contributed by atoms with E-state index in [1.54, 1.807) is 22.8 Å². The molecule has 0 fully saturated rings. The van der Waals surface area contributed by atoms with Crippen LogP contribution in [-0.2, 0) is 0 Å². The fraction of sp³-hybridized carbons (Fsp3) is 0.0417. The van der Waals surface area contributed by atoms with Crippen molar-refractivity contribution in [3.63, 3.8) is 0 Å². The lowest BCUT2D eigenvalue weighted by Crippen LogP contribution is -2.40. The van der Waals surface area contributed by atoms with Crippen LogP contribution in [0.2, 0.25) is 0 Å². The van der Waals surface area contributed by atoms with Crippen molar-refractivity contribution in [2.24, 2.45) is 10.2 Å². The molecule has 0 unspecified atom stereocenters. The highest BCUT2D eigenvalue weighted by molar-refractivity contribution is 7.07. The Balaban J connectivity index is 1.70. The Hall–Kier alpha value is -4.17. The number of aromatic nitrogens is 1. The van der Waals surface area contributed by atoms with Gasteiger partial charge in [-0.25, -0.2) is 0 Å². The average Bonchev–Trinajstić information content (AvgIpc) is 3.15. The van der Waals surface area contributed by atoms with E-state index < -0.39 is 11.0 Å². The van der Waals surface area contributed by atoms with Crippen LogP contribution in [-0.4, -0.2) is 15.2 Å². The molecule has 1 aliphatic heterocycles. The molecule has 2 heterocycles. The maximum absolute atomic E-state index is 13.5. The number of nitro groups is 1. The van der Waals surface area contributed by atoms with Crippen molar-refractivity contribution < 1.29 is 4.92 Å². The number of hydrogen-bond donors (Lipinski definition) is 0. The number of rotatable bonds is 4. The number of fused-ring (bicyclic) bond motifs is 1. The topological polar surface area (TPSA) is 89.9 Å². The van der Waals surface area contributed by atoms with E-state index in [1.165, 1.54) is 23.5 Å². The number of thiazole rings is 1. The van der Waals surface area contributed by atoms with Gasteiger partial charge in [0.25, 0.3) is 11.2 Å². The van der Waals surface area contributed by atoms with E-state index >= 15 is 0 Å². The van der Waals surface area contributed by atoms with Crippen LogP contribution in [0.3, 0.4) is 0 Å². The summed E-state index contributed by atoms with van der Waals surface area (Å²) in [6.45, 7) is 0. The fourth-order valence-corrected chi connectivity index (χ4v) is 4.65. The minimum Gasteiger partial charge on any atom is -0.268 e. The molecule has 3 aromatic carbocycles. The lowest BCUT2D eigenvalue weighted by molar-refractivity contribution is -0.384. The Kier molecular flexibility index (Phi) is 5.04. The first kappa shape index (κ1) is 19.8. The summed E-state index contributed by atoms with van der Waals surface area (Å²) in [7, 11) is 0. The summed E-state index contributed by atoms with van der Waals surface area (Å²) in [5.74, 6) is 0. The van der Waals surface area contributed by atoms with Gasteiger partial charge in [-0.3, -0.25) is 19.5 Å². The highest BCUT2D eigenvalue weighted by Crippen LogP contribution is 2.24. The van der Waals surface area contributed by atoms with Crippen LogP contribution >= 0.6 is 11.3 Å². The normalized spacial score (nSPS) is 15.6. The molecule has 32 heavy (non-hydrogen) atoms. The van der Waals surface area contributed by atoms with Crippen molar-refractivity contribution >= 4 is 28.8 Å². The van der Waals surface area contributed by atoms with Crippen LogP contribution < -0.4 is 14.9 Å². The summed E-state index contributed by atoms with van der Waals surface area (Å²) < 4.78 is 2.09. The Morgan fingerprint density at radius 3 is 2.38 bits per heavy atom. The van der Waals surface area contributed by atoms with Gasteiger partial charge in [-0.2, -0.15) is 0 Å². The van der Waals surface area contributed by atoms with Crippen LogP contribution in [0, 0.1) is 10.1 Å². The predicted octanol–water partition coefficient (Wildman–Crippen LogP) is 3.27. The minimum atomic E-state index is -0.454. The fourth-order valence-electron chi connectivity index (χ4n) is 3.70. The van der Waals surface area contributed by atoms with Gasteiger partial charge in [0.05, 0.1) is 15.2 Å². The molecule has 0 saturated heterocycles. The summed E-state index contributed by atoms with van der Waals surface area (Å²) in [6, 6.07) is 25.1. The van der Waals surface area contributed by atoms with E-state index in [4.69, 9.17) is 0 Å². The maximum Gasteiger partial charge on any atom is 0.271 e. The molecule has 7 nitrogen and oxygen atoms in total. The number of nitro benzene ring substituents is 1. The second-order valence-corrected chi connectivity index (χ2v) is 8.19. The van der Waals surface area contributed by atoms with Crippen molar-refractivity contribution in [1.82, 2.24) is 4.57 Å². The predicted molar refractivity (Wildman–Crippen MR) is 124 cm³/mol. The first-order valence-corrected chi connectivity index (χ1v) is 10.7. The van der Waals surface area contributed by atoms with Gasteiger partial charge >= 0.3 is 0 Å². The smallest absolute Gasteiger partial charge is 0.268 e. The quantitative estimate of drug-likeness (QED) is 0.360. The molecule has 156 valence electrons. The monoisotopic (exact) mass is 440 g/mol. The molecule has 0 spiro atoms. The molecule has 4 aromatic rings. The Bertz CT molecular complexity index is 1520. The van der Waals surface area contributed by atoms with Crippen molar-refractivity contribution in [3.8, 4) is 0 Å². The van der Waals surface area contributed by atoms with E-state index in [-0.39, 0.29) is 11.2 Å². The van der Waals surface area contributed by atoms with E-state index in [9.17, 15) is 14.9 Å². The molecule has 8 heteroatoms. The molecule has 0 bridgehead atoms. The number of nitrogens with zero attached hydrogens (tertiary/aromatic N) is 4. The van der Waals surface area contributed by atoms with Crippen LogP contribution in [0.1, 0.15) is 22.7 Å². The zero-order valence-electron chi connectivity index (χ0n) is 16.7. The standard InChI is InChI=1S/C24H16N4O3S/c29-23-20(15-16-8-7-13-19(14-16)28(30)31)32-24-26-25-21(17-9-3-1-4-10-17)22(27(23)24)18-11-5-2-6-12-18/h1-15,22H/b20-15-/t22-/m0/s1. The lowest BCUT2D eigenvalue weighted by Gasteiger charge is -2.22. The number of hydrogen-bond acceptors (Lipinski definition) is 6. The zero-order valence-corrected chi connectivity index (χ0v) is 17.5. The van der Waals surface area contributed by atoms with E-state index in [0.29, 0.717) is 20.6 Å². The second-order valence-electron chi connectivity index (χ2n) is 7.18. The van der Waals surface area contributed by atoms with E-state index in [1.807, 2.05) is 60.7 Å². The van der Waals surface area contributed by atoms with E-state index in [0.717, 1.165) is 11.1 Å². The van der Waals surface area contributed by atoms with Gasteiger partial charge in [-0.15, -0.1) is 10.2 Å². The third kappa shape index (κ3) is 3.57. The molecule has 1 aliphatic rings. The molecular formula is C24H16N4O3S. The first-order valence-electron chi connectivity index (χ1n) is 9.85. The second kappa shape index (κ2) is 8.16. The zero-order chi connectivity index (χ0) is 22.1. The molecule has 5 rings (SSSR count). The van der Waals surface area contributed by atoms with Gasteiger partial charge in [-0.1, -0.05) is 84.1 Å². The minimum absolute atomic E-state index is 0.0262. The van der Waals surface area contributed by atoms with Crippen molar-refractivity contribution in [2.45, 2.75) is 6.04 Å². The summed E-state index contributed by atoms with van der Waals surface area (Å²) in [5.41, 5.74) is 2.84. The van der Waals surface area contributed by atoms with E-state index in [2.05, 4.69) is 10.2 Å². The molecule has 0 amide bonds. The average molecular weight is 440 g/mol. The van der Waals surface area contributed by atoms with Crippen molar-refractivity contribution in [1.29, 1.82) is 0 Å². The third-order valence-electron chi connectivity index (χ3n) is 5.16. The Morgan fingerprint density at radius 2 is 1.66 bits per heavy atom. The maximum atomic E-state index is 13.5. The highest BCUT2D eigenvalue weighted by Gasteiger charge is 2.28. The number of non-ortho nitro benzene ring substituents is 1. The molecule has 0 saturated carbocycles. The van der Waals surface area contributed by atoms with Gasteiger partial charge in [0, 0.05) is 17.7 Å².